The average molecular weight is 301 g/mol. The van der Waals surface area contributed by atoms with Crippen LogP contribution in [0.3, 0.4) is 0 Å². The maximum Gasteiger partial charge on any atom is 0.270 e. The van der Waals surface area contributed by atoms with Crippen molar-refractivity contribution in [3.05, 3.63) is 24.2 Å². The molecule has 116 valence electrons. The van der Waals surface area contributed by atoms with Crippen LogP contribution in [0.5, 0.6) is 0 Å². The molecule has 22 heavy (non-hydrogen) atoms. The van der Waals surface area contributed by atoms with Gasteiger partial charge >= 0.3 is 0 Å². The van der Waals surface area contributed by atoms with E-state index in [4.69, 9.17) is 0 Å². The fourth-order valence-electron chi connectivity index (χ4n) is 2.66. The average Bonchev–Trinajstić information content (AvgIpc) is 3.03. The molecule has 1 fully saturated rings. The standard InChI is InChI=1S/C15H19N5O2/c1-15(2,3)20-7-9(6-12(20)21)18-14(22)11-5-4-10-13(19-11)17-8-16-10/h4-5,8-9H,6-7H2,1-3H3,(H,18,22)(H,16,17,19). The van der Waals surface area contributed by atoms with Crippen LogP contribution in [0.2, 0.25) is 0 Å². The Bertz CT molecular complexity index is 731. The molecule has 0 radical (unpaired) electrons. The van der Waals surface area contributed by atoms with Crippen LogP contribution in [0.4, 0.5) is 0 Å². The summed E-state index contributed by atoms with van der Waals surface area (Å²) >= 11 is 0. The van der Waals surface area contributed by atoms with Gasteiger partial charge in [-0.15, -0.1) is 0 Å². The van der Waals surface area contributed by atoms with Crippen molar-refractivity contribution in [1.82, 2.24) is 25.2 Å². The largest absolute Gasteiger partial charge is 0.346 e. The number of carbonyl (C=O) groups excluding carboxylic acids is 2. The van der Waals surface area contributed by atoms with Crippen LogP contribution >= 0.6 is 0 Å². The number of pyridine rings is 1. The highest BCUT2D eigenvalue weighted by Crippen LogP contribution is 2.22. The van der Waals surface area contributed by atoms with Crippen LogP contribution in [0, 0.1) is 0 Å². The molecule has 7 heteroatoms. The quantitative estimate of drug-likeness (QED) is 0.868. The predicted molar refractivity (Wildman–Crippen MR) is 81.2 cm³/mol. The fraction of sp³-hybridized carbons (Fsp3) is 0.467. The van der Waals surface area contributed by atoms with E-state index in [0.29, 0.717) is 24.3 Å². The molecule has 1 saturated heterocycles. The summed E-state index contributed by atoms with van der Waals surface area (Å²) in [5.74, 6) is -0.216. The minimum atomic E-state index is -0.279. The summed E-state index contributed by atoms with van der Waals surface area (Å²) in [6.45, 7) is 6.49. The first kappa shape index (κ1) is 14.5. The van der Waals surface area contributed by atoms with Crippen LogP contribution in [-0.2, 0) is 4.79 Å². The molecule has 1 atom stereocenters. The molecule has 1 aliphatic heterocycles. The number of imidazole rings is 1. The highest BCUT2D eigenvalue weighted by atomic mass is 16.2. The smallest absolute Gasteiger partial charge is 0.270 e. The van der Waals surface area contributed by atoms with E-state index in [9.17, 15) is 9.59 Å². The zero-order valence-corrected chi connectivity index (χ0v) is 12.9. The van der Waals surface area contributed by atoms with Gasteiger partial charge in [-0.25, -0.2) is 9.97 Å². The third-order valence-corrected chi connectivity index (χ3v) is 3.78. The number of rotatable bonds is 2. The van der Waals surface area contributed by atoms with Crippen molar-refractivity contribution < 1.29 is 9.59 Å². The van der Waals surface area contributed by atoms with Gasteiger partial charge in [-0.05, 0) is 32.9 Å². The lowest BCUT2D eigenvalue weighted by molar-refractivity contribution is -0.131. The van der Waals surface area contributed by atoms with Crippen molar-refractivity contribution in [2.45, 2.75) is 38.8 Å². The van der Waals surface area contributed by atoms with Crippen molar-refractivity contribution in [3.8, 4) is 0 Å². The lowest BCUT2D eigenvalue weighted by atomic mass is 10.1. The number of nitrogens with one attached hydrogen (secondary N) is 2. The third-order valence-electron chi connectivity index (χ3n) is 3.78. The normalized spacial score (nSPS) is 19.0. The SMILES string of the molecule is CC(C)(C)N1CC(NC(=O)c2ccc3[nH]cnc3n2)CC1=O. The molecule has 0 aromatic carbocycles. The van der Waals surface area contributed by atoms with Gasteiger partial charge in [0.15, 0.2) is 5.65 Å². The van der Waals surface area contributed by atoms with Gasteiger partial charge in [0, 0.05) is 18.5 Å². The lowest BCUT2D eigenvalue weighted by Gasteiger charge is -2.32. The highest BCUT2D eigenvalue weighted by molar-refractivity contribution is 5.94. The Morgan fingerprint density at radius 1 is 1.41 bits per heavy atom. The molecule has 0 aliphatic carbocycles. The second-order valence-electron chi connectivity index (χ2n) is 6.52. The van der Waals surface area contributed by atoms with Crippen molar-refractivity contribution in [1.29, 1.82) is 0 Å². The number of fused-ring (bicyclic) bond motifs is 1. The lowest BCUT2D eigenvalue weighted by Crippen LogP contribution is -2.44. The molecular formula is C15H19N5O2. The number of hydrogen-bond donors (Lipinski definition) is 2. The van der Waals surface area contributed by atoms with Gasteiger partial charge in [0.25, 0.3) is 5.91 Å². The van der Waals surface area contributed by atoms with Gasteiger partial charge in [0.2, 0.25) is 5.91 Å². The maximum absolute atomic E-state index is 12.3. The van der Waals surface area contributed by atoms with E-state index >= 15 is 0 Å². The number of amides is 2. The van der Waals surface area contributed by atoms with E-state index < -0.39 is 0 Å². The monoisotopic (exact) mass is 301 g/mol. The topological polar surface area (TPSA) is 91.0 Å². The number of hydrogen-bond acceptors (Lipinski definition) is 4. The van der Waals surface area contributed by atoms with E-state index in [1.54, 1.807) is 17.0 Å². The fourth-order valence-corrected chi connectivity index (χ4v) is 2.66. The molecular weight excluding hydrogens is 282 g/mol. The molecule has 0 bridgehead atoms. The van der Waals surface area contributed by atoms with Crippen LogP contribution in [0.1, 0.15) is 37.7 Å². The summed E-state index contributed by atoms with van der Waals surface area (Å²) in [7, 11) is 0. The Balaban J connectivity index is 1.71. The number of likely N-dealkylation sites (tertiary alicyclic amines) is 1. The van der Waals surface area contributed by atoms with E-state index in [-0.39, 0.29) is 23.4 Å². The maximum atomic E-state index is 12.3. The van der Waals surface area contributed by atoms with Crippen LogP contribution in [-0.4, -0.2) is 49.8 Å². The molecule has 1 unspecified atom stereocenters. The molecule has 0 saturated carbocycles. The summed E-state index contributed by atoms with van der Waals surface area (Å²) in [5, 5.41) is 2.88. The molecule has 2 N–H and O–H groups in total. The van der Waals surface area contributed by atoms with Gasteiger partial charge < -0.3 is 15.2 Å². The Morgan fingerprint density at radius 2 is 2.18 bits per heavy atom. The van der Waals surface area contributed by atoms with E-state index in [2.05, 4.69) is 20.3 Å². The third kappa shape index (κ3) is 2.66. The molecule has 0 spiro atoms. The van der Waals surface area contributed by atoms with Crippen LogP contribution < -0.4 is 5.32 Å². The van der Waals surface area contributed by atoms with Gasteiger partial charge in [-0.2, -0.15) is 0 Å². The number of carbonyl (C=O) groups is 2. The Kier molecular flexibility index (Phi) is 3.35. The molecule has 3 heterocycles. The van der Waals surface area contributed by atoms with E-state index in [1.807, 2.05) is 20.8 Å². The first-order chi connectivity index (χ1) is 10.3. The number of aromatic nitrogens is 3. The van der Waals surface area contributed by atoms with Gasteiger partial charge in [0.1, 0.15) is 5.69 Å². The van der Waals surface area contributed by atoms with Gasteiger partial charge in [-0.1, -0.05) is 0 Å². The van der Waals surface area contributed by atoms with Crippen molar-refractivity contribution in [3.63, 3.8) is 0 Å². The molecule has 7 nitrogen and oxygen atoms in total. The molecule has 2 aromatic heterocycles. The van der Waals surface area contributed by atoms with E-state index in [1.165, 1.54) is 6.33 Å². The zero-order chi connectivity index (χ0) is 15.9. The molecule has 2 amide bonds. The molecule has 3 rings (SSSR count). The number of H-pyrrole nitrogens is 1. The summed E-state index contributed by atoms with van der Waals surface area (Å²) in [5.41, 5.74) is 1.36. The van der Waals surface area contributed by atoms with Crippen LogP contribution in [0.25, 0.3) is 11.2 Å². The first-order valence-electron chi connectivity index (χ1n) is 7.26. The summed E-state index contributed by atoms with van der Waals surface area (Å²) in [6, 6.07) is 3.23. The van der Waals surface area contributed by atoms with Gasteiger partial charge in [0.05, 0.1) is 17.9 Å². The number of aromatic amines is 1. The predicted octanol–water partition coefficient (Wildman–Crippen LogP) is 1.09. The first-order valence-corrected chi connectivity index (χ1v) is 7.26. The Morgan fingerprint density at radius 3 is 2.86 bits per heavy atom. The minimum Gasteiger partial charge on any atom is -0.346 e. The van der Waals surface area contributed by atoms with Gasteiger partial charge in [-0.3, -0.25) is 9.59 Å². The summed E-state index contributed by atoms with van der Waals surface area (Å²) in [4.78, 5) is 37.3. The minimum absolute atomic E-state index is 0.0634. The Labute approximate surface area is 128 Å². The highest BCUT2D eigenvalue weighted by Gasteiger charge is 2.36. The second-order valence-corrected chi connectivity index (χ2v) is 6.52. The summed E-state index contributed by atoms with van der Waals surface area (Å²) in [6.07, 6.45) is 1.86. The van der Waals surface area contributed by atoms with Crippen molar-refractivity contribution >= 4 is 23.0 Å². The van der Waals surface area contributed by atoms with Crippen LogP contribution in [0.15, 0.2) is 18.5 Å². The zero-order valence-electron chi connectivity index (χ0n) is 12.9. The van der Waals surface area contributed by atoms with E-state index in [0.717, 1.165) is 5.52 Å². The summed E-state index contributed by atoms with van der Waals surface area (Å²) < 4.78 is 0. The number of nitrogens with zero attached hydrogens (tertiary/aromatic N) is 3. The molecule has 2 aromatic rings. The van der Waals surface area contributed by atoms with Crippen molar-refractivity contribution in [2.24, 2.45) is 0 Å². The Hall–Kier alpha value is -2.44. The second kappa shape index (κ2) is 5.08. The molecule has 1 aliphatic rings. The van der Waals surface area contributed by atoms with Crippen molar-refractivity contribution in [2.75, 3.05) is 6.54 Å².